The van der Waals surface area contributed by atoms with E-state index in [2.05, 4.69) is 37.1 Å². The van der Waals surface area contributed by atoms with E-state index >= 15 is 0 Å². The van der Waals surface area contributed by atoms with E-state index in [0.29, 0.717) is 11.2 Å². The molecule has 3 aromatic heterocycles. The molecule has 0 saturated heterocycles. The van der Waals surface area contributed by atoms with Crippen LogP contribution in [0, 0.1) is 24.2 Å². The third kappa shape index (κ3) is 3.52. The predicted molar refractivity (Wildman–Crippen MR) is 96.3 cm³/mol. The Kier molecular flexibility index (Phi) is 4.78. The number of amides is 1. The minimum absolute atomic E-state index is 0.365. The summed E-state index contributed by atoms with van der Waals surface area (Å²) in [5, 5.41) is 11.5. The van der Waals surface area contributed by atoms with Crippen molar-refractivity contribution >= 4 is 43.8 Å². The Bertz CT molecular complexity index is 1010. The van der Waals surface area contributed by atoms with Gasteiger partial charge in [0.05, 0.1) is 0 Å². The fourth-order valence-electron chi connectivity index (χ4n) is 2.34. The summed E-state index contributed by atoms with van der Waals surface area (Å²) < 4.78 is 0.930. The van der Waals surface area contributed by atoms with Gasteiger partial charge in [0.1, 0.15) is 0 Å². The Labute approximate surface area is 153 Å². The zero-order valence-electron chi connectivity index (χ0n) is 13.7. The summed E-state index contributed by atoms with van der Waals surface area (Å²) in [4.78, 5) is 25.1. The first-order valence-electron chi connectivity index (χ1n) is 7.61. The van der Waals surface area contributed by atoms with Crippen molar-refractivity contribution < 1.29 is 4.79 Å². The summed E-state index contributed by atoms with van der Waals surface area (Å²) >= 11 is 2.49. The van der Waals surface area contributed by atoms with E-state index in [1.807, 2.05) is 25.1 Å². The third-order valence-corrected chi connectivity index (χ3v) is 4.51. The van der Waals surface area contributed by atoms with Gasteiger partial charge in [0.2, 0.25) is 0 Å². The number of fused-ring (bicyclic) bond motifs is 1. The fourth-order valence-corrected chi connectivity index (χ4v) is 2.96. The second kappa shape index (κ2) is 7.00. The number of carbonyl (C=O) groups is 1. The maximum absolute atomic E-state index is 11.9. The summed E-state index contributed by atoms with van der Waals surface area (Å²) in [5.41, 5.74) is 4.75. The van der Waals surface area contributed by atoms with Crippen LogP contribution in [0.1, 0.15) is 12.5 Å². The van der Waals surface area contributed by atoms with E-state index in [4.69, 9.17) is 5.26 Å². The molecule has 1 N–H and O–H groups in total. The molecule has 25 heavy (non-hydrogen) atoms. The molecule has 0 aromatic carbocycles. The van der Waals surface area contributed by atoms with Gasteiger partial charge < -0.3 is 0 Å². The topological polar surface area (TPSA) is 91.6 Å². The Morgan fingerprint density at radius 3 is 2.88 bits per heavy atom. The van der Waals surface area contributed by atoms with Crippen LogP contribution < -0.4 is 9.67 Å². The van der Waals surface area contributed by atoms with Gasteiger partial charge in [-0.3, -0.25) is 0 Å². The van der Waals surface area contributed by atoms with Crippen molar-refractivity contribution in [2.45, 2.75) is 13.8 Å². The Balaban J connectivity index is 2.05. The van der Waals surface area contributed by atoms with Crippen molar-refractivity contribution in [1.29, 1.82) is 5.26 Å². The molecule has 0 aliphatic rings. The number of nitrogens with zero attached hydrogens (tertiary/aromatic N) is 4. The monoisotopic (exact) mass is 391 g/mol. The van der Waals surface area contributed by atoms with Gasteiger partial charge in [0.15, 0.2) is 0 Å². The van der Waals surface area contributed by atoms with Gasteiger partial charge in [0.25, 0.3) is 0 Å². The van der Waals surface area contributed by atoms with Crippen LogP contribution in [-0.4, -0.2) is 37.7 Å². The van der Waals surface area contributed by atoms with Crippen LogP contribution in [0.25, 0.3) is 22.3 Å². The molecule has 0 saturated carbocycles. The van der Waals surface area contributed by atoms with E-state index < -0.39 is 5.92 Å². The first-order valence-corrected chi connectivity index (χ1v) is 8.54. The zero-order chi connectivity index (χ0) is 18.0. The fraction of sp³-hybridized carbons (Fsp3) is 0.167. The van der Waals surface area contributed by atoms with Crippen LogP contribution >= 0.6 is 0 Å². The summed E-state index contributed by atoms with van der Waals surface area (Å²) in [6, 6.07) is 7.56. The number of hydrogen-bond acceptors (Lipinski definition) is 5. The van der Waals surface area contributed by atoms with Crippen LogP contribution in [-0.2, 0) is 4.79 Å². The van der Waals surface area contributed by atoms with E-state index in [-0.39, 0.29) is 5.91 Å². The van der Waals surface area contributed by atoms with Gasteiger partial charge in [-0.1, -0.05) is 0 Å². The molecule has 0 spiro atoms. The van der Waals surface area contributed by atoms with E-state index in [0.717, 1.165) is 26.7 Å². The molecular formula is C18H14AsN5O. The van der Waals surface area contributed by atoms with Crippen LogP contribution in [0.2, 0.25) is 0 Å². The van der Waals surface area contributed by atoms with Gasteiger partial charge in [-0.25, -0.2) is 0 Å². The van der Waals surface area contributed by atoms with Gasteiger partial charge in [-0.2, -0.15) is 0 Å². The number of carbonyl (C=O) groups excluding carboxylic acids is 1. The third-order valence-electron chi connectivity index (χ3n) is 3.79. The van der Waals surface area contributed by atoms with Crippen LogP contribution in [0.3, 0.4) is 0 Å². The molecule has 3 aromatic rings. The molecule has 3 heterocycles. The van der Waals surface area contributed by atoms with Crippen molar-refractivity contribution in [2.24, 2.45) is 5.92 Å². The number of aryl methyl sites for hydroxylation is 1. The molecule has 0 fully saturated rings. The van der Waals surface area contributed by atoms with Gasteiger partial charge in [-0.05, 0) is 0 Å². The number of pyridine rings is 3. The molecule has 2 radical (unpaired) electrons. The number of nitrogens with one attached hydrogen (secondary N) is 1. The van der Waals surface area contributed by atoms with E-state index in [1.54, 1.807) is 31.6 Å². The Morgan fingerprint density at radius 2 is 2.16 bits per heavy atom. The summed E-state index contributed by atoms with van der Waals surface area (Å²) in [6.07, 6.45) is 5.09. The first kappa shape index (κ1) is 17.1. The molecule has 1 unspecified atom stereocenters. The molecule has 1 amide bonds. The molecule has 122 valence electrons. The normalized spacial score (nSPS) is 11.8. The van der Waals surface area contributed by atoms with Crippen LogP contribution in [0.4, 0.5) is 5.69 Å². The molecule has 7 heteroatoms. The number of anilines is 1. The predicted octanol–water partition coefficient (Wildman–Crippen LogP) is 1.89. The standard InChI is InChI=1S/C18H14AsN5O/c1-10-3-4-21-9-13(10)15-6-14(19)17-16(24-15)5-12(8-22-17)23-18(25)11(2)7-20/h3-6,8-9,11H,1-2H3,(H,23,25). The number of aromatic nitrogens is 3. The molecular weight excluding hydrogens is 377 g/mol. The van der Waals surface area contributed by atoms with Gasteiger partial charge in [-0.15, -0.1) is 0 Å². The van der Waals surface area contributed by atoms with Crippen molar-refractivity contribution in [3.05, 3.63) is 42.4 Å². The summed E-state index contributed by atoms with van der Waals surface area (Å²) in [7, 11) is 0. The average Bonchev–Trinajstić information content (AvgIpc) is 2.61. The van der Waals surface area contributed by atoms with Crippen molar-refractivity contribution in [2.75, 3.05) is 5.32 Å². The second-order valence-electron chi connectivity index (χ2n) is 5.65. The van der Waals surface area contributed by atoms with Crippen LogP contribution in [0.15, 0.2) is 36.8 Å². The number of hydrogen-bond donors (Lipinski definition) is 1. The minimum atomic E-state index is -0.730. The SMILES string of the molecule is Cc1ccncc1-c1cc([As])c2ncc(NC(=O)C(C)C#N)cc2n1. The van der Waals surface area contributed by atoms with E-state index in [1.165, 1.54) is 0 Å². The number of rotatable bonds is 3. The van der Waals surface area contributed by atoms with Gasteiger partial charge >= 0.3 is 154 Å². The molecule has 1 atom stereocenters. The maximum atomic E-state index is 11.9. The molecule has 3 rings (SSSR count). The molecule has 0 aliphatic carbocycles. The first-order chi connectivity index (χ1) is 12.0. The summed E-state index contributed by atoms with van der Waals surface area (Å²) in [5.74, 6) is -1.10. The van der Waals surface area contributed by atoms with Crippen LogP contribution in [0.5, 0.6) is 0 Å². The summed E-state index contributed by atoms with van der Waals surface area (Å²) in [6.45, 7) is 3.55. The molecule has 0 aliphatic heterocycles. The Morgan fingerprint density at radius 1 is 1.36 bits per heavy atom. The molecule has 0 bridgehead atoms. The van der Waals surface area contributed by atoms with Crippen molar-refractivity contribution in [1.82, 2.24) is 15.0 Å². The second-order valence-corrected chi connectivity index (χ2v) is 6.66. The number of nitriles is 1. The van der Waals surface area contributed by atoms with Crippen molar-refractivity contribution in [3.63, 3.8) is 0 Å². The quantitative estimate of drug-likeness (QED) is 0.689. The van der Waals surface area contributed by atoms with Gasteiger partial charge in [0, 0.05) is 0 Å². The Hall–Kier alpha value is -2.77. The molecule has 6 nitrogen and oxygen atoms in total. The van der Waals surface area contributed by atoms with E-state index in [9.17, 15) is 4.79 Å². The van der Waals surface area contributed by atoms with Crippen molar-refractivity contribution in [3.8, 4) is 17.3 Å². The zero-order valence-corrected chi connectivity index (χ0v) is 15.6. The average molecular weight is 391 g/mol.